The van der Waals surface area contributed by atoms with Crippen LogP contribution in [0.4, 0.5) is 0 Å². The van der Waals surface area contributed by atoms with E-state index >= 15 is 0 Å². The van der Waals surface area contributed by atoms with Crippen molar-refractivity contribution in [2.45, 2.75) is 19.1 Å². The summed E-state index contributed by atoms with van der Waals surface area (Å²) in [7, 11) is 0. The summed E-state index contributed by atoms with van der Waals surface area (Å²) in [6.45, 7) is 1.51. The number of nitrogens with two attached hydrogens (primary N) is 1. The van der Waals surface area contributed by atoms with E-state index in [2.05, 4.69) is 4.72 Å². The van der Waals surface area contributed by atoms with Crippen LogP contribution < -0.4 is 10.5 Å². The van der Waals surface area contributed by atoms with Gasteiger partial charge in [0.2, 0.25) is 5.91 Å². The fourth-order valence-corrected chi connectivity index (χ4v) is 1.09. The summed E-state index contributed by atoms with van der Waals surface area (Å²) in [4.78, 5) is 10.5. The van der Waals surface area contributed by atoms with Crippen LogP contribution in [0.3, 0.4) is 0 Å². The van der Waals surface area contributed by atoms with Crippen LogP contribution in [0.1, 0.15) is 6.92 Å². The highest BCUT2D eigenvalue weighted by Crippen LogP contribution is 1.95. The molecule has 0 fully saturated rings. The summed E-state index contributed by atoms with van der Waals surface area (Å²) in [6.07, 6.45) is 1.02. The van der Waals surface area contributed by atoms with Gasteiger partial charge in [0.1, 0.15) is 6.04 Å². The van der Waals surface area contributed by atoms with Crippen LogP contribution >= 0.6 is 11.9 Å². The lowest BCUT2D eigenvalue weighted by Crippen LogP contribution is -2.45. The smallest absolute Gasteiger partial charge is 0.238 e. The third-order valence-corrected chi connectivity index (χ3v) is 1.52. The molecule has 4 N–H and O–H groups in total. The van der Waals surface area contributed by atoms with Crippen LogP contribution in [0.2, 0.25) is 0 Å². The van der Waals surface area contributed by atoms with E-state index in [4.69, 9.17) is 10.8 Å². The molecular weight excluding hydrogens is 152 g/mol. The number of carbonyl (C=O) groups excluding carboxylic acids is 1. The number of hydrogen-bond donors (Lipinski definition) is 3. The average Bonchev–Trinajstić information content (AvgIpc) is 1.81. The standard InChI is InChI=1S/C5H12N2O2S/c1-3(8)4(5(6)9)7-10-2/h3-4,7-8H,1-2H3,(H2,6,9)/t3-,4-/m0/s1. The van der Waals surface area contributed by atoms with Crippen molar-refractivity contribution in [1.29, 1.82) is 0 Å². The normalized spacial score (nSPS) is 16.3. The van der Waals surface area contributed by atoms with Crippen LogP contribution in [-0.2, 0) is 4.79 Å². The topological polar surface area (TPSA) is 75.3 Å². The quantitative estimate of drug-likeness (QED) is 0.470. The zero-order chi connectivity index (χ0) is 8.15. The fourth-order valence-electron chi connectivity index (χ4n) is 0.521. The molecule has 5 heteroatoms. The first-order valence-corrected chi connectivity index (χ1v) is 4.08. The van der Waals surface area contributed by atoms with Gasteiger partial charge >= 0.3 is 0 Å². The molecule has 10 heavy (non-hydrogen) atoms. The Morgan fingerprint density at radius 2 is 2.30 bits per heavy atom. The number of aliphatic hydroxyl groups is 1. The Hall–Kier alpha value is -0.260. The van der Waals surface area contributed by atoms with Crippen LogP contribution in [0.5, 0.6) is 0 Å². The van der Waals surface area contributed by atoms with Crippen molar-refractivity contribution in [3.8, 4) is 0 Å². The van der Waals surface area contributed by atoms with Crippen molar-refractivity contribution in [1.82, 2.24) is 4.72 Å². The maximum Gasteiger partial charge on any atom is 0.238 e. The van der Waals surface area contributed by atoms with Crippen LogP contribution in [0.25, 0.3) is 0 Å². The molecule has 0 aromatic rings. The fraction of sp³-hybridized carbons (Fsp3) is 0.800. The van der Waals surface area contributed by atoms with E-state index in [1.165, 1.54) is 18.9 Å². The van der Waals surface area contributed by atoms with Gasteiger partial charge < -0.3 is 10.8 Å². The third-order valence-electron chi connectivity index (χ3n) is 1.03. The van der Waals surface area contributed by atoms with Crippen molar-refractivity contribution >= 4 is 17.9 Å². The van der Waals surface area contributed by atoms with Crippen molar-refractivity contribution in [2.24, 2.45) is 5.73 Å². The number of amides is 1. The summed E-state index contributed by atoms with van der Waals surface area (Å²) < 4.78 is 2.67. The largest absolute Gasteiger partial charge is 0.391 e. The molecule has 0 aromatic heterocycles. The molecule has 1 amide bonds. The molecule has 0 aromatic carbocycles. The second kappa shape index (κ2) is 4.54. The number of aliphatic hydroxyl groups excluding tert-OH is 1. The van der Waals surface area contributed by atoms with Gasteiger partial charge in [0, 0.05) is 0 Å². The van der Waals surface area contributed by atoms with E-state index in [1.54, 1.807) is 6.26 Å². The summed E-state index contributed by atoms with van der Waals surface area (Å²) in [5, 5.41) is 8.94. The number of carbonyl (C=O) groups is 1. The molecule has 0 aliphatic rings. The third kappa shape index (κ3) is 3.05. The van der Waals surface area contributed by atoms with E-state index in [9.17, 15) is 4.79 Å². The van der Waals surface area contributed by atoms with Gasteiger partial charge in [-0.25, -0.2) is 4.72 Å². The highest BCUT2D eigenvalue weighted by Gasteiger charge is 2.19. The number of primary amides is 1. The average molecular weight is 164 g/mol. The predicted molar refractivity (Wildman–Crippen MR) is 41.3 cm³/mol. The molecular formula is C5H12N2O2S. The van der Waals surface area contributed by atoms with Crippen molar-refractivity contribution in [3.63, 3.8) is 0 Å². The Kier molecular flexibility index (Phi) is 4.42. The number of nitrogens with one attached hydrogen (secondary N) is 1. The highest BCUT2D eigenvalue weighted by molar-refractivity contribution is 7.96. The zero-order valence-electron chi connectivity index (χ0n) is 6.00. The van der Waals surface area contributed by atoms with Crippen molar-refractivity contribution in [2.75, 3.05) is 6.26 Å². The first kappa shape index (κ1) is 9.74. The van der Waals surface area contributed by atoms with E-state index < -0.39 is 18.1 Å². The number of rotatable bonds is 4. The summed E-state index contributed by atoms with van der Waals surface area (Å²) >= 11 is 1.26. The Morgan fingerprint density at radius 3 is 2.40 bits per heavy atom. The van der Waals surface area contributed by atoms with Gasteiger partial charge in [-0.1, -0.05) is 11.9 Å². The second-order valence-corrected chi connectivity index (χ2v) is 2.59. The van der Waals surface area contributed by atoms with E-state index in [-0.39, 0.29) is 0 Å². The lowest BCUT2D eigenvalue weighted by atomic mass is 10.2. The van der Waals surface area contributed by atoms with Gasteiger partial charge in [0.15, 0.2) is 0 Å². The predicted octanol–water partition coefficient (Wildman–Crippen LogP) is -0.911. The van der Waals surface area contributed by atoms with Crippen molar-refractivity contribution in [3.05, 3.63) is 0 Å². The molecule has 2 atom stereocenters. The van der Waals surface area contributed by atoms with Gasteiger partial charge in [0.05, 0.1) is 6.10 Å². The minimum atomic E-state index is -0.745. The molecule has 0 aliphatic carbocycles. The van der Waals surface area contributed by atoms with E-state index in [0.717, 1.165) is 0 Å². The molecule has 0 saturated heterocycles. The first-order chi connectivity index (χ1) is 4.59. The minimum Gasteiger partial charge on any atom is -0.391 e. The van der Waals surface area contributed by atoms with Gasteiger partial charge in [-0.15, -0.1) is 0 Å². The molecule has 4 nitrogen and oxygen atoms in total. The molecule has 0 spiro atoms. The Labute approximate surface area is 64.3 Å². The molecule has 0 unspecified atom stereocenters. The Bertz CT molecular complexity index is 118. The molecule has 0 heterocycles. The van der Waals surface area contributed by atoms with E-state index in [1.807, 2.05) is 0 Å². The Morgan fingerprint density at radius 1 is 1.80 bits per heavy atom. The summed E-state index contributed by atoms with van der Waals surface area (Å²) in [6, 6.07) is -0.657. The molecule has 0 bridgehead atoms. The molecule has 60 valence electrons. The molecule has 0 aliphatic heterocycles. The first-order valence-electron chi connectivity index (χ1n) is 2.85. The lowest BCUT2D eigenvalue weighted by Gasteiger charge is -2.15. The van der Waals surface area contributed by atoms with Gasteiger partial charge in [-0.2, -0.15) is 0 Å². The lowest BCUT2D eigenvalue weighted by molar-refractivity contribution is -0.121. The van der Waals surface area contributed by atoms with Gasteiger partial charge in [0.25, 0.3) is 0 Å². The second-order valence-electron chi connectivity index (χ2n) is 1.94. The molecule has 0 rings (SSSR count). The van der Waals surface area contributed by atoms with Gasteiger partial charge in [-0.3, -0.25) is 4.79 Å². The van der Waals surface area contributed by atoms with Crippen LogP contribution in [-0.4, -0.2) is 29.4 Å². The number of hydrogen-bond acceptors (Lipinski definition) is 4. The van der Waals surface area contributed by atoms with Crippen LogP contribution in [0, 0.1) is 0 Å². The van der Waals surface area contributed by atoms with Gasteiger partial charge in [-0.05, 0) is 13.2 Å². The maximum atomic E-state index is 10.5. The summed E-state index contributed by atoms with van der Waals surface area (Å²) in [5.74, 6) is -0.538. The molecule has 0 radical (unpaired) electrons. The van der Waals surface area contributed by atoms with E-state index in [0.29, 0.717) is 0 Å². The monoisotopic (exact) mass is 164 g/mol. The molecule has 0 saturated carbocycles. The zero-order valence-corrected chi connectivity index (χ0v) is 6.81. The van der Waals surface area contributed by atoms with Crippen molar-refractivity contribution < 1.29 is 9.90 Å². The summed E-state index contributed by atoms with van der Waals surface area (Å²) in [5.41, 5.74) is 4.95. The Balaban J connectivity index is 3.85. The minimum absolute atomic E-state index is 0.538. The highest BCUT2D eigenvalue weighted by atomic mass is 32.2. The maximum absolute atomic E-state index is 10.5. The SMILES string of the molecule is CSN[C@H](C(N)=O)[C@H](C)O. The van der Waals surface area contributed by atoms with Crippen LogP contribution in [0.15, 0.2) is 0 Å².